The molecule has 0 fully saturated rings. The van der Waals surface area contributed by atoms with Crippen molar-refractivity contribution in [2.45, 2.75) is 13.0 Å². The standard InChI is InChI=1S/C25H23Cl2NO3/c26-24-17-23(13-12-22(24)7-4-15-28-16-14-25(29)31-27)30-18-19-8-10-21(11-9-19)20-5-2-1-3-6-20/h1-13,17,28H,14-16,18H2/b7-4+. The highest BCUT2D eigenvalue weighted by molar-refractivity contribution is 6.32. The Labute approximate surface area is 192 Å². The minimum absolute atomic E-state index is 0.221. The molecule has 3 aromatic carbocycles. The first-order valence-electron chi connectivity index (χ1n) is 9.91. The number of ether oxygens (including phenoxy) is 1. The molecule has 0 saturated carbocycles. The number of benzene rings is 3. The second-order valence-electron chi connectivity index (χ2n) is 6.84. The third-order valence-electron chi connectivity index (χ3n) is 4.59. The smallest absolute Gasteiger partial charge is 0.326 e. The molecule has 0 aromatic heterocycles. The normalized spacial score (nSPS) is 10.9. The van der Waals surface area contributed by atoms with Crippen LogP contribution in [0.5, 0.6) is 5.75 Å². The van der Waals surface area contributed by atoms with Gasteiger partial charge in [0.05, 0.1) is 11.4 Å². The predicted octanol–water partition coefficient (Wildman–Crippen LogP) is 6.28. The number of halogens is 2. The van der Waals surface area contributed by atoms with Crippen LogP contribution in [-0.2, 0) is 15.7 Å². The van der Waals surface area contributed by atoms with E-state index in [-0.39, 0.29) is 6.42 Å². The van der Waals surface area contributed by atoms with Crippen molar-refractivity contribution in [2.24, 2.45) is 0 Å². The first-order chi connectivity index (χ1) is 15.2. The Hall–Kier alpha value is -2.79. The van der Waals surface area contributed by atoms with E-state index in [1.165, 1.54) is 11.1 Å². The molecular formula is C25H23Cl2NO3. The van der Waals surface area contributed by atoms with Gasteiger partial charge in [-0.15, -0.1) is 0 Å². The summed E-state index contributed by atoms with van der Waals surface area (Å²) in [6, 6.07) is 24.2. The van der Waals surface area contributed by atoms with E-state index in [1.807, 2.05) is 48.6 Å². The molecule has 4 nitrogen and oxygen atoms in total. The Morgan fingerprint density at radius 2 is 1.71 bits per heavy atom. The number of carbonyl (C=O) groups is 1. The Morgan fingerprint density at radius 3 is 2.42 bits per heavy atom. The maximum atomic E-state index is 10.9. The molecule has 0 aliphatic heterocycles. The van der Waals surface area contributed by atoms with E-state index >= 15 is 0 Å². The lowest BCUT2D eigenvalue weighted by atomic mass is 10.0. The number of carbonyl (C=O) groups excluding carboxylic acids is 1. The molecule has 0 unspecified atom stereocenters. The average Bonchev–Trinajstić information content (AvgIpc) is 2.81. The Balaban J connectivity index is 1.48. The van der Waals surface area contributed by atoms with Crippen LogP contribution >= 0.6 is 23.5 Å². The van der Waals surface area contributed by atoms with Gasteiger partial charge in [-0.3, -0.25) is 4.79 Å². The molecule has 1 N–H and O–H groups in total. The van der Waals surface area contributed by atoms with E-state index < -0.39 is 5.97 Å². The zero-order chi connectivity index (χ0) is 21.9. The fraction of sp³-hybridized carbons (Fsp3) is 0.160. The van der Waals surface area contributed by atoms with Gasteiger partial charge in [-0.2, -0.15) is 0 Å². The first kappa shape index (κ1) is 22.9. The fourth-order valence-corrected chi connectivity index (χ4v) is 3.23. The average molecular weight is 456 g/mol. The van der Waals surface area contributed by atoms with Gasteiger partial charge in [-0.1, -0.05) is 78.4 Å². The highest BCUT2D eigenvalue weighted by Crippen LogP contribution is 2.25. The number of rotatable bonds is 10. The topological polar surface area (TPSA) is 47.6 Å². The monoisotopic (exact) mass is 455 g/mol. The summed E-state index contributed by atoms with van der Waals surface area (Å²) in [4.78, 5) is 10.9. The first-order valence-corrected chi connectivity index (χ1v) is 10.6. The van der Waals surface area contributed by atoms with Gasteiger partial charge < -0.3 is 14.3 Å². The highest BCUT2D eigenvalue weighted by atomic mass is 35.5. The summed E-state index contributed by atoms with van der Waals surface area (Å²) >= 11 is 11.3. The van der Waals surface area contributed by atoms with Crippen LogP contribution in [0.2, 0.25) is 5.02 Å². The van der Waals surface area contributed by atoms with Crippen molar-refractivity contribution in [3.63, 3.8) is 0 Å². The highest BCUT2D eigenvalue weighted by Gasteiger charge is 2.03. The molecule has 3 aromatic rings. The summed E-state index contributed by atoms with van der Waals surface area (Å²) in [6.45, 7) is 1.56. The van der Waals surface area contributed by atoms with Crippen molar-refractivity contribution >= 4 is 35.5 Å². The van der Waals surface area contributed by atoms with Gasteiger partial charge in [0, 0.05) is 13.1 Å². The van der Waals surface area contributed by atoms with Crippen molar-refractivity contribution in [1.29, 1.82) is 0 Å². The van der Waals surface area contributed by atoms with Gasteiger partial charge in [-0.05, 0) is 40.5 Å². The van der Waals surface area contributed by atoms with Crippen molar-refractivity contribution in [2.75, 3.05) is 13.1 Å². The molecule has 6 heteroatoms. The van der Waals surface area contributed by atoms with Crippen LogP contribution in [0, 0.1) is 0 Å². The Bertz CT molecular complexity index is 1010. The Kier molecular flexibility index (Phi) is 8.98. The summed E-state index contributed by atoms with van der Waals surface area (Å²) in [5.41, 5.74) is 4.35. The number of hydrogen-bond acceptors (Lipinski definition) is 4. The van der Waals surface area contributed by atoms with Crippen molar-refractivity contribution in [3.05, 3.63) is 95.0 Å². The van der Waals surface area contributed by atoms with Crippen LogP contribution in [0.3, 0.4) is 0 Å². The lowest BCUT2D eigenvalue weighted by Crippen LogP contribution is -2.18. The molecule has 0 radical (unpaired) electrons. The largest absolute Gasteiger partial charge is 0.489 e. The van der Waals surface area contributed by atoms with Crippen LogP contribution < -0.4 is 10.1 Å². The summed E-state index contributed by atoms with van der Waals surface area (Å²) in [5.74, 6) is 0.260. The molecule has 0 spiro atoms. The van der Waals surface area contributed by atoms with Gasteiger partial charge in [0.15, 0.2) is 0 Å². The SMILES string of the molecule is O=C(CCNC/C=C/c1ccc(OCc2ccc(-c3ccccc3)cc2)cc1Cl)OCl. The molecule has 0 atom stereocenters. The fourth-order valence-electron chi connectivity index (χ4n) is 2.92. The van der Waals surface area contributed by atoms with Crippen LogP contribution in [0.1, 0.15) is 17.5 Å². The Morgan fingerprint density at radius 1 is 0.968 bits per heavy atom. The number of hydrogen-bond donors (Lipinski definition) is 1. The molecule has 0 aliphatic rings. The molecule has 31 heavy (non-hydrogen) atoms. The molecule has 160 valence electrons. The summed E-state index contributed by atoms with van der Waals surface area (Å²) in [6.07, 6.45) is 4.07. The van der Waals surface area contributed by atoms with E-state index in [0.717, 1.165) is 11.1 Å². The summed E-state index contributed by atoms with van der Waals surface area (Å²) in [7, 11) is 0. The van der Waals surface area contributed by atoms with Crippen LogP contribution in [0.4, 0.5) is 0 Å². The van der Waals surface area contributed by atoms with Crippen LogP contribution in [0.25, 0.3) is 17.2 Å². The maximum absolute atomic E-state index is 10.9. The molecule has 0 aliphatic carbocycles. The van der Waals surface area contributed by atoms with Gasteiger partial charge >= 0.3 is 5.97 Å². The molecular weight excluding hydrogens is 433 g/mol. The van der Waals surface area contributed by atoms with Crippen LogP contribution in [0.15, 0.2) is 78.9 Å². The van der Waals surface area contributed by atoms with Gasteiger partial charge in [-0.25, -0.2) is 0 Å². The van der Waals surface area contributed by atoms with E-state index in [0.29, 0.717) is 30.5 Å². The number of nitrogens with one attached hydrogen (secondary N) is 1. The molecule has 0 saturated heterocycles. The van der Waals surface area contributed by atoms with Gasteiger partial charge in [0.2, 0.25) is 0 Å². The van der Waals surface area contributed by atoms with Crippen molar-refractivity contribution in [1.82, 2.24) is 5.32 Å². The summed E-state index contributed by atoms with van der Waals surface area (Å²) in [5, 5.41) is 3.70. The lowest BCUT2D eigenvalue weighted by Gasteiger charge is -2.09. The maximum Gasteiger partial charge on any atom is 0.326 e. The summed E-state index contributed by atoms with van der Waals surface area (Å²) < 4.78 is 9.96. The van der Waals surface area contributed by atoms with E-state index in [1.54, 1.807) is 0 Å². The van der Waals surface area contributed by atoms with Crippen LogP contribution in [-0.4, -0.2) is 19.1 Å². The van der Waals surface area contributed by atoms with E-state index in [9.17, 15) is 4.79 Å². The second kappa shape index (κ2) is 12.2. The zero-order valence-corrected chi connectivity index (χ0v) is 18.4. The van der Waals surface area contributed by atoms with E-state index in [4.69, 9.17) is 28.2 Å². The molecule has 3 rings (SSSR count). The quantitative estimate of drug-likeness (QED) is 0.365. The predicted molar refractivity (Wildman–Crippen MR) is 126 cm³/mol. The zero-order valence-electron chi connectivity index (χ0n) is 16.9. The third kappa shape index (κ3) is 7.44. The second-order valence-corrected chi connectivity index (χ2v) is 7.40. The third-order valence-corrected chi connectivity index (χ3v) is 5.09. The van der Waals surface area contributed by atoms with Crippen molar-refractivity contribution in [3.8, 4) is 16.9 Å². The molecule has 0 bridgehead atoms. The molecule has 0 amide bonds. The van der Waals surface area contributed by atoms with Crippen molar-refractivity contribution < 1.29 is 13.8 Å². The van der Waals surface area contributed by atoms with Gasteiger partial charge in [0.25, 0.3) is 0 Å². The molecule has 0 heterocycles. The minimum Gasteiger partial charge on any atom is -0.489 e. The lowest BCUT2D eigenvalue weighted by molar-refractivity contribution is -0.133. The van der Waals surface area contributed by atoms with E-state index in [2.05, 4.69) is 46.0 Å². The van der Waals surface area contributed by atoms with Gasteiger partial charge in [0.1, 0.15) is 24.2 Å². The minimum atomic E-state index is -0.455.